The molecule has 0 aromatic heterocycles. The number of hydrogen-bond donors (Lipinski definition) is 1. The highest BCUT2D eigenvalue weighted by molar-refractivity contribution is 5.94. The highest BCUT2D eigenvalue weighted by Gasteiger charge is 2.17. The molecule has 18 heavy (non-hydrogen) atoms. The van der Waals surface area contributed by atoms with Crippen molar-refractivity contribution in [3.8, 4) is 11.5 Å². The van der Waals surface area contributed by atoms with Crippen LogP contribution in [-0.4, -0.2) is 24.9 Å². The number of nitrogens with two attached hydrogens (primary N) is 1. The number of Topliss-reactive ketones (excluding diaryl/α,β-unsaturated/α-hetero) is 1. The zero-order valence-electron chi connectivity index (χ0n) is 10.7. The summed E-state index contributed by atoms with van der Waals surface area (Å²) in [5.74, 6) is 0.201. The van der Waals surface area contributed by atoms with Gasteiger partial charge in [0.1, 0.15) is 0 Å². The monoisotopic (exact) mass is 251 g/mol. The summed E-state index contributed by atoms with van der Waals surface area (Å²) in [5.41, 5.74) is 5.73. The molecule has 1 amide bonds. The molecular weight excluding hydrogens is 234 g/mol. The largest absolute Gasteiger partial charge is 0.493 e. The summed E-state index contributed by atoms with van der Waals surface area (Å²) in [6.07, 6.45) is -0.241. The summed E-state index contributed by atoms with van der Waals surface area (Å²) in [4.78, 5) is 22.4. The standard InChI is InChI=1S/C13H17NO4/c1-4-10(13(14)16)18-11-6-5-9(8(2)15)7-12(11)17-3/h5-7,10H,4H2,1-3H3,(H2,14,16). The summed E-state index contributed by atoms with van der Waals surface area (Å²) in [5, 5.41) is 0. The fourth-order valence-electron chi connectivity index (χ4n) is 1.48. The van der Waals surface area contributed by atoms with Crippen LogP contribution in [0.3, 0.4) is 0 Å². The molecule has 5 heteroatoms. The number of primary amides is 1. The molecule has 1 aromatic rings. The van der Waals surface area contributed by atoms with Crippen LogP contribution < -0.4 is 15.2 Å². The molecule has 0 spiro atoms. The van der Waals surface area contributed by atoms with E-state index in [0.717, 1.165) is 0 Å². The smallest absolute Gasteiger partial charge is 0.258 e. The van der Waals surface area contributed by atoms with Gasteiger partial charge in [-0.15, -0.1) is 0 Å². The van der Waals surface area contributed by atoms with E-state index in [1.54, 1.807) is 25.1 Å². The van der Waals surface area contributed by atoms with Crippen molar-refractivity contribution in [3.05, 3.63) is 23.8 Å². The van der Waals surface area contributed by atoms with Crippen molar-refractivity contribution in [2.24, 2.45) is 5.73 Å². The Labute approximate surface area is 106 Å². The van der Waals surface area contributed by atoms with Crippen LogP contribution >= 0.6 is 0 Å². The maximum atomic E-state index is 11.2. The third kappa shape index (κ3) is 3.23. The third-order valence-electron chi connectivity index (χ3n) is 2.53. The number of carbonyl (C=O) groups excluding carboxylic acids is 2. The minimum Gasteiger partial charge on any atom is -0.493 e. The zero-order valence-corrected chi connectivity index (χ0v) is 10.7. The van der Waals surface area contributed by atoms with E-state index in [-0.39, 0.29) is 5.78 Å². The first kappa shape index (κ1) is 14.0. The Balaban J connectivity index is 3.02. The van der Waals surface area contributed by atoms with Gasteiger partial charge in [-0.2, -0.15) is 0 Å². The molecule has 1 atom stereocenters. The molecule has 0 radical (unpaired) electrons. The van der Waals surface area contributed by atoms with Crippen molar-refractivity contribution >= 4 is 11.7 Å². The van der Waals surface area contributed by atoms with E-state index in [1.165, 1.54) is 14.0 Å². The lowest BCUT2D eigenvalue weighted by Crippen LogP contribution is -2.33. The van der Waals surface area contributed by atoms with Gasteiger partial charge in [0.2, 0.25) is 0 Å². The van der Waals surface area contributed by atoms with Crippen molar-refractivity contribution in [2.45, 2.75) is 26.4 Å². The van der Waals surface area contributed by atoms with Crippen molar-refractivity contribution in [1.29, 1.82) is 0 Å². The molecule has 0 fully saturated rings. The average Bonchev–Trinajstić information content (AvgIpc) is 2.35. The van der Waals surface area contributed by atoms with E-state index in [2.05, 4.69) is 0 Å². The predicted octanol–water partition coefficient (Wildman–Crippen LogP) is 1.54. The molecular formula is C13H17NO4. The third-order valence-corrected chi connectivity index (χ3v) is 2.53. The lowest BCUT2D eigenvalue weighted by atomic mass is 10.1. The van der Waals surface area contributed by atoms with Crippen LogP contribution in [0, 0.1) is 0 Å². The average molecular weight is 251 g/mol. The van der Waals surface area contributed by atoms with Gasteiger partial charge in [-0.3, -0.25) is 9.59 Å². The molecule has 0 aliphatic carbocycles. The summed E-state index contributed by atoms with van der Waals surface area (Å²) in [6.45, 7) is 3.26. The number of hydrogen-bond acceptors (Lipinski definition) is 4. The molecule has 2 N–H and O–H groups in total. The van der Waals surface area contributed by atoms with Gasteiger partial charge >= 0.3 is 0 Å². The number of rotatable bonds is 6. The van der Waals surface area contributed by atoms with Crippen LogP contribution in [0.5, 0.6) is 11.5 Å². The molecule has 0 aliphatic rings. The van der Waals surface area contributed by atoms with Gasteiger partial charge in [0.05, 0.1) is 7.11 Å². The first-order valence-electron chi connectivity index (χ1n) is 5.64. The Kier molecular flexibility index (Phi) is 4.71. The molecule has 0 heterocycles. The summed E-state index contributed by atoms with van der Waals surface area (Å²) in [7, 11) is 1.47. The summed E-state index contributed by atoms with van der Waals surface area (Å²) in [6, 6.07) is 4.79. The van der Waals surface area contributed by atoms with Gasteiger partial charge in [0.15, 0.2) is 23.4 Å². The lowest BCUT2D eigenvalue weighted by molar-refractivity contribution is -0.124. The molecule has 0 aliphatic heterocycles. The normalized spacial score (nSPS) is 11.7. The van der Waals surface area contributed by atoms with Crippen LogP contribution in [0.15, 0.2) is 18.2 Å². The first-order valence-corrected chi connectivity index (χ1v) is 5.64. The fraction of sp³-hybridized carbons (Fsp3) is 0.385. The second-order valence-corrected chi connectivity index (χ2v) is 3.84. The Morgan fingerprint density at radius 3 is 2.44 bits per heavy atom. The maximum absolute atomic E-state index is 11.2. The van der Waals surface area contributed by atoms with Gasteiger partial charge in [0, 0.05) is 5.56 Å². The number of ether oxygens (including phenoxy) is 2. The summed E-state index contributed by atoms with van der Waals surface area (Å²) < 4.78 is 10.6. The highest BCUT2D eigenvalue weighted by Crippen LogP contribution is 2.29. The van der Waals surface area contributed by atoms with Gasteiger partial charge in [0.25, 0.3) is 5.91 Å². The molecule has 1 rings (SSSR count). The number of ketones is 1. The maximum Gasteiger partial charge on any atom is 0.258 e. The number of methoxy groups -OCH3 is 1. The van der Waals surface area contributed by atoms with Gasteiger partial charge in [-0.05, 0) is 31.5 Å². The van der Waals surface area contributed by atoms with E-state index in [9.17, 15) is 9.59 Å². The molecule has 0 saturated heterocycles. The summed E-state index contributed by atoms with van der Waals surface area (Å²) >= 11 is 0. The second kappa shape index (κ2) is 6.05. The molecule has 0 bridgehead atoms. The topological polar surface area (TPSA) is 78.6 Å². The van der Waals surface area contributed by atoms with Crippen molar-refractivity contribution in [1.82, 2.24) is 0 Å². The Bertz CT molecular complexity index is 456. The van der Waals surface area contributed by atoms with E-state index in [1.807, 2.05) is 0 Å². The van der Waals surface area contributed by atoms with Crippen LogP contribution in [-0.2, 0) is 4.79 Å². The van der Waals surface area contributed by atoms with E-state index in [0.29, 0.717) is 23.5 Å². The molecule has 98 valence electrons. The van der Waals surface area contributed by atoms with Crippen LogP contribution in [0.1, 0.15) is 30.6 Å². The minimum absolute atomic E-state index is 0.0678. The molecule has 0 saturated carbocycles. The molecule has 5 nitrogen and oxygen atoms in total. The Morgan fingerprint density at radius 2 is 2.00 bits per heavy atom. The number of amides is 1. The molecule has 1 unspecified atom stereocenters. The van der Waals surface area contributed by atoms with Gasteiger partial charge in [-0.25, -0.2) is 0 Å². The Morgan fingerprint density at radius 1 is 1.33 bits per heavy atom. The number of benzene rings is 1. The van der Waals surface area contributed by atoms with Gasteiger partial charge in [-0.1, -0.05) is 6.92 Å². The fourth-order valence-corrected chi connectivity index (χ4v) is 1.48. The molecule has 1 aromatic carbocycles. The van der Waals surface area contributed by atoms with Gasteiger partial charge < -0.3 is 15.2 Å². The zero-order chi connectivity index (χ0) is 13.7. The van der Waals surface area contributed by atoms with Crippen LogP contribution in [0.25, 0.3) is 0 Å². The number of carbonyl (C=O) groups is 2. The minimum atomic E-state index is -0.706. The van der Waals surface area contributed by atoms with E-state index in [4.69, 9.17) is 15.2 Å². The van der Waals surface area contributed by atoms with Crippen molar-refractivity contribution in [2.75, 3.05) is 7.11 Å². The lowest BCUT2D eigenvalue weighted by Gasteiger charge is -2.16. The second-order valence-electron chi connectivity index (χ2n) is 3.84. The SMILES string of the molecule is CCC(Oc1ccc(C(C)=O)cc1OC)C(N)=O. The van der Waals surface area contributed by atoms with Crippen LogP contribution in [0.2, 0.25) is 0 Å². The quantitative estimate of drug-likeness (QED) is 0.778. The van der Waals surface area contributed by atoms with E-state index < -0.39 is 12.0 Å². The predicted molar refractivity (Wildman–Crippen MR) is 66.9 cm³/mol. The Hall–Kier alpha value is -2.04. The first-order chi connectivity index (χ1) is 8.49. The van der Waals surface area contributed by atoms with Crippen molar-refractivity contribution in [3.63, 3.8) is 0 Å². The highest BCUT2D eigenvalue weighted by atomic mass is 16.5. The van der Waals surface area contributed by atoms with E-state index >= 15 is 0 Å². The van der Waals surface area contributed by atoms with Crippen molar-refractivity contribution < 1.29 is 19.1 Å². The van der Waals surface area contributed by atoms with Crippen LogP contribution in [0.4, 0.5) is 0 Å².